The third kappa shape index (κ3) is 3.79. The van der Waals surface area contributed by atoms with Gasteiger partial charge in [-0.15, -0.1) is 0 Å². The summed E-state index contributed by atoms with van der Waals surface area (Å²) in [5, 5.41) is 5.35. The first-order chi connectivity index (χ1) is 9.16. The van der Waals surface area contributed by atoms with E-state index in [1.54, 1.807) is 0 Å². The zero-order valence-electron chi connectivity index (χ0n) is 10.9. The van der Waals surface area contributed by atoms with Crippen LogP contribution in [-0.2, 0) is 14.3 Å². The summed E-state index contributed by atoms with van der Waals surface area (Å²) >= 11 is 0. The van der Waals surface area contributed by atoms with Gasteiger partial charge in [-0.05, 0) is 31.4 Å². The summed E-state index contributed by atoms with van der Waals surface area (Å²) in [6.45, 7) is 2.50. The highest BCUT2D eigenvalue weighted by Crippen LogP contribution is 2.13. The molecular weight excluding hydrogens is 244 g/mol. The molecule has 1 aromatic rings. The zero-order chi connectivity index (χ0) is 13.7. The number of amides is 2. The van der Waals surface area contributed by atoms with E-state index in [9.17, 15) is 9.59 Å². The van der Waals surface area contributed by atoms with Gasteiger partial charge in [0.15, 0.2) is 0 Å². The zero-order valence-corrected chi connectivity index (χ0v) is 10.9. The van der Waals surface area contributed by atoms with Crippen molar-refractivity contribution in [3.8, 4) is 0 Å². The summed E-state index contributed by atoms with van der Waals surface area (Å²) in [6, 6.07) is 7.51. The molecule has 1 aliphatic rings. The van der Waals surface area contributed by atoms with Crippen LogP contribution < -0.4 is 10.6 Å². The Morgan fingerprint density at radius 2 is 2.16 bits per heavy atom. The summed E-state index contributed by atoms with van der Waals surface area (Å²) in [5.41, 5.74) is 1.75. The van der Waals surface area contributed by atoms with E-state index in [4.69, 9.17) is 4.74 Å². The fraction of sp³-hybridized carbons (Fsp3) is 0.429. The van der Waals surface area contributed by atoms with Crippen molar-refractivity contribution in [3.05, 3.63) is 29.8 Å². The fourth-order valence-corrected chi connectivity index (χ4v) is 1.97. The normalized spacial score (nSPS) is 18.1. The molecule has 19 heavy (non-hydrogen) atoms. The molecule has 1 aliphatic heterocycles. The molecular formula is C14H18N2O3. The Balaban J connectivity index is 1.78. The molecule has 1 fully saturated rings. The van der Waals surface area contributed by atoms with Gasteiger partial charge < -0.3 is 15.4 Å². The second kappa shape index (κ2) is 6.33. The average molecular weight is 262 g/mol. The SMILES string of the molecule is Cc1ccccc1NC(=O)CNC(=O)C1CCCO1. The smallest absolute Gasteiger partial charge is 0.249 e. The molecule has 1 aromatic carbocycles. The van der Waals surface area contributed by atoms with E-state index < -0.39 is 6.10 Å². The van der Waals surface area contributed by atoms with Crippen molar-refractivity contribution in [2.45, 2.75) is 25.9 Å². The highest BCUT2D eigenvalue weighted by molar-refractivity contribution is 5.95. The number of para-hydroxylation sites is 1. The minimum absolute atomic E-state index is 0.0347. The molecule has 0 spiro atoms. The number of aryl methyl sites for hydroxylation is 1. The molecule has 1 unspecified atom stereocenters. The summed E-state index contributed by atoms with van der Waals surface area (Å²) in [4.78, 5) is 23.4. The van der Waals surface area contributed by atoms with Crippen molar-refractivity contribution in [1.82, 2.24) is 5.32 Å². The molecule has 0 bridgehead atoms. The molecule has 0 radical (unpaired) electrons. The van der Waals surface area contributed by atoms with E-state index in [2.05, 4.69) is 10.6 Å². The Hall–Kier alpha value is -1.88. The number of carbonyl (C=O) groups excluding carboxylic acids is 2. The molecule has 2 amide bonds. The van der Waals surface area contributed by atoms with Crippen LogP contribution in [0.1, 0.15) is 18.4 Å². The van der Waals surface area contributed by atoms with Gasteiger partial charge in [-0.25, -0.2) is 0 Å². The number of hydrogen-bond acceptors (Lipinski definition) is 3. The van der Waals surface area contributed by atoms with Crippen LogP contribution in [0.3, 0.4) is 0 Å². The van der Waals surface area contributed by atoms with Crippen molar-refractivity contribution < 1.29 is 14.3 Å². The molecule has 0 aliphatic carbocycles. The molecule has 1 atom stereocenters. The Kier molecular flexibility index (Phi) is 4.52. The molecule has 5 nitrogen and oxygen atoms in total. The summed E-state index contributed by atoms with van der Waals surface area (Å²) < 4.78 is 5.24. The van der Waals surface area contributed by atoms with Crippen LogP contribution in [0.5, 0.6) is 0 Å². The van der Waals surface area contributed by atoms with Crippen molar-refractivity contribution in [3.63, 3.8) is 0 Å². The van der Waals surface area contributed by atoms with E-state index >= 15 is 0 Å². The lowest BCUT2D eigenvalue weighted by molar-refractivity contribution is -0.131. The third-order valence-corrected chi connectivity index (χ3v) is 3.06. The largest absolute Gasteiger partial charge is 0.368 e. The number of nitrogens with one attached hydrogen (secondary N) is 2. The van der Waals surface area contributed by atoms with Gasteiger partial charge in [-0.2, -0.15) is 0 Å². The van der Waals surface area contributed by atoms with Crippen molar-refractivity contribution in [2.24, 2.45) is 0 Å². The molecule has 1 saturated heterocycles. The van der Waals surface area contributed by atoms with E-state index in [-0.39, 0.29) is 18.4 Å². The Morgan fingerprint density at radius 1 is 1.37 bits per heavy atom. The van der Waals surface area contributed by atoms with Gasteiger partial charge >= 0.3 is 0 Å². The van der Waals surface area contributed by atoms with Gasteiger partial charge in [0.05, 0.1) is 6.54 Å². The number of benzene rings is 1. The third-order valence-electron chi connectivity index (χ3n) is 3.06. The highest BCUT2D eigenvalue weighted by atomic mass is 16.5. The van der Waals surface area contributed by atoms with Crippen LogP contribution in [-0.4, -0.2) is 31.1 Å². The van der Waals surface area contributed by atoms with Gasteiger partial charge in [0.2, 0.25) is 11.8 Å². The lowest BCUT2D eigenvalue weighted by Gasteiger charge is -2.11. The molecule has 2 N–H and O–H groups in total. The molecule has 5 heteroatoms. The summed E-state index contributed by atoms with van der Waals surface area (Å²) in [6.07, 6.45) is 1.23. The average Bonchev–Trinajstić information content (AvgIpc) is 2.93. The topological polar surface area (TPSA) is 67.4 Å². The first kappa shape index (κ1) is 13.5. The van der Waals surface area contributed by atoms with Crippen LogP contribution in [0.15, 0.2) is 24.3 Å². The van der Waals surface area contributed by atoms with Crippen LogP contribution in [0.25, 0.3) is 0 Å². The van der Waals surface area contributed by atoms with Crippen LogP contribution in [0.4, 0.5) is 5.69 Å². The maximum atomic E-state index is 11.7. The van der Waals surface area contributed by atoms with E-state index in [0.29, 0.717) is 6.61 Å². The minimum atomic E-state index is -0.397. The number of ether oxygens (including phenoxy) is 1. The maximum Gasteiger partial charge on any atom is 0.249 e. The van der Waals surface area contributed by atoms with E-state index in [0.717, 1.165) is 24.1 Å². The fourth-order valence-electron chi connectivity index (χ4n) is 1.97. The second-order valence-corrected chi connectivity index (χ2v) is 4.58. The standard InChI is InChI=1S/C14H18N2O3/c1-10-5-2-3-6-11(10)16-13(17)9-15-14(18)12-7-4-8-19-12/h2-3,5-6,12H,4,7-9H2,1H3,(H,15,18)(H,16,17). The predicted octanol–water partition coefficient (Wildman–Crippen LogP) is 1.23. The molecule has 0 aromatic heterocycles. The molecule has 1 heterocycles. The van der Waals surface area contributed by atoms with E-state index in [1.807, 2.05) is 31.2 Å². The van der Waals surface area contributed by atoms with Gasteiger partial charge in [-0.1, -0.05) is 18.2 Å². The van der Waals surface area contributed by atoms with Gasteiger partial charge in [0, 0.05) is 12.3 Å². The van der Waals surface area contributed by atoms with Gasteiger partial charge in [0.1, 0.15) is 6.10 Å². The van der Waals surface area contributed by atoms with Crippen molar-refractivity contribution in [2.75, 3.05) is 18.5 Å². The Labute approximate surface area is 112 Å². The molecule has 102 valence electrons. The lowest BCUT2D eigenvalue weighted by atomic mass is 10.2. The van der Waals surface area contributed by atoms with Crippen LogP contribution in [0.2, 0.25) is 0 Å². The maximum absolute atomic E-state index is 11.7. The van der Waals surface area contributed by atoms with E-state index in [1.165, 1.54) is 0 Å². The summed E-state index contributed by atoms with van der Waals surface area (Å²) in [7, 11) is 0. The second-order valence-electron chi connectivity index (χ2n) is 4.58. The minimum Gasteiger partial charge on any atom is -0.368 e. The molecule has 0 saturated carbocycles. The number of anilines is 1. The lowest BCUT2D eigenvalue weighted by Crippen LogP contribution is -2.39. The number of hydrogen-bond donors (Lipinski definition) is 2. The predicted molar refractivity (Wildman–Crippen MR) is 71.8 cm³/mol. The van der Waals surface area contributed by atoms with Crippen LogP contribution in [0, 0.1) is 6.92 Å². The first-order valence-corrected chi connectivity index (χ1v) is 6.41. The number of rotatable bonds is 4. The van der Waals surface area contributed by atoms with Gasteiger partial charge in [0.25, 0.3) is 0 Å². The monoisotopic (exact) mass is 262 g/mol. The summed E-state index contributed by atoms with van der Waals surface area (Å²) in [5.74, 6) is -0.446. The Morgan fingerprint density at radius 3 is 2.84 bits per heavy atom. The van der Waals surface area contributed by atoms with Gasteiger partial charge in [-0.3, -0.25) is 9.59 Å². The quantitative estimate of drug-likeness (QED) is 0.857. The molecule has 2 rings (SSSR count). The van der Waals surface area contributed by atoms with Crippen molar-refractivity contribution >= 4 is 17.5 Å². The first-order valence-electron chi connectivity index (χ1n) is 6.41. The highest BCUT2D eigenvalue weighted by Gasteiger charge is 2.23. The number of carbonyl (C=O) groups is 2. The Bertz CT molecular complexity index is 468. The van der Waals surface area contributed by atoms with Crippen LogP contribution >= 0.6 is 0 Å². The van der Waals surface area contributed by atoms with Crippen molar-refractivity contribution in [1.29, 1.82) is 0 Å².